The summed E-state index contributed by atoms with van der Waals surface area (Å²) in [6.07, 6.45) is -3.95. The second kappa shape index (κ2) is 28.0. The highest BCUT2D eigenvalue weighted by atomic mass is 16.6. The Kier molecular flexibility index (Phi) is 27.6. The molecule has 14 heteroatoms. The lowest BCUT2D eigenvalue weighted by Crippen LogP contribution is -2.36. The summed E-state index contributed by atoms with van der Waals surface area (Å²) in [5.74, 6) is 0. The van der Waals surface area contributed by atoms with Gasteiger partial charge >= 0.3 is 0 Å². The summed E-state index contributed by atoms with van der Waals surface area (Å²) in [4.78, 5) is 0. The van der Waals surface area contributed by atoms with Crippen LogP contribution in [-0.4, -0.2) is 172 Å². The average molecular weight is 619 g/mol. The molecule has 0 aliphatic rings. The summed E-state index contributed by atoms with van der Waals surface area (Å²) in [6, 6.07) is 0. The topological polar surface area (TPSA) is 195 Å². The number of aliphatic hydroxyl groups excluding tert-OH is 6. The largest absolute Gasteiger partial charge is 0.391 e. The summed E-state index contributed by atoms with van der Waals surface area (Å²) < 4.78 is 43.9. The van der Waals surface area contributed by atoms with E-state index in [1.807, 2.05) is 20.8 Å². The molecule has 254 valence electrons. The third kappa shape index (κ3) is 24.8. The van der Waals surface area contributed by atoms with Crippen molar-refractivity contribution in [3.8, 4) is 0 Å². The van der Waals surface area contributed by atoms with Crippen molar-refractivity contribution < 1.29 is 68.5 Å². The number of methoxy groups -OCH3 is 1. The third-order valence-corrected chi connectivity index (χ3v) is 5.90. The van der Waals surface area contributed by atoms with Gasteiger partial charge in [-0.3, -0.25) is 0 Å². The van der Waals surface area contributed by atoms with Crippen LogP contribution in [0.4, 0.5) is 0 Å². The molecule has 0 spiro atoms. The number of ether oxygens (including phenoxy) is 8. The van der Waals surface area contributed by atoms with Crippen LogP contribution >= 0.6 is 0 Å². The first-order valence-corrected chi connectivity index (χ1v) is 14.8. The lowest BCUT2D eigenvalue weighted by Gasteiger charge is -2.24. The van der Waals surface area contributed by atoms with Gasteiger partial charge in [0, 0.05) is 7.11 Å². The van der Waals surface area contributed by atoms with Gasteiger partial charge < -0.3 is 68.5 Å². The molecule has 0 aliphatic carbocycles. The first kappa shape index (κ1) is 41.4. The predicted molar refractivity (Wildman–Crippen MR) is 152 cm³/mol. The number of hydrogen-bond donors (Lipinski definition) is 6. The van der Waals surface area contributed by atoms with Gasteiger partial charge in [-0.25, -0.2) is 0 Å². The Bertz CT molecular complexity index is 575. The second-order valence-corrected chi connectivity index (χ2v) is 10.2. The van der Waals surface area contributed by atoms with E-state index in [2.05, 4.69) is 0 Å². The summed E-state index contributed by atoms with van der Waals surface area (Å²) >= 11 is 0. The Balaban J connectivity index is 4.71. The van der Waals surface area contributed by atoms with E-state index >= 15 is 0 Å². The van der Waals surface area contributed by atoms with E-state index in [1.165, 1.54) is 7.11 Å². The molecule has 0 aliphatic heterocycles. The summed E-state index contributed by atoms with van der Waals surface area (Å²) in [5.41, 5.74) is 0. The van der Waals surface area contributed by atoms with Gasteiger partial charge in [0.1, 0.15) is 30.5 Å². The molecular weight excluding hydrogens is 560 g/mol. The molecule has 0 amide bonds. The normalized spacial score (nSPS) is 17.9. The predicted octanol–water partition coefficient (Wildman–Crippen LogP) is -1.12. The lowest BCUT2D eigenvalue weighted by molar-refractivity contribution is -0.131. The molecule has 8 unspecified atom stereocenters. The van der Waals surface area contributed by atoms with Gasteiger partial charge in [0.05, 0.1) is 104 Å². The maximum Gasteiger partial charge on any atom is 0.104 e. The van der Waals surface area contributed by atoms with Crippen molar-refractivity contribution in [1.29, 1.82) is 0 Å². The fourth-order valence-electron chi connectivity index (χ4n) is 3.15. The highest BCUT2D eigenvalue weighted by Gasteiger charge is 2.19. The third-order valence-electron chi connectivity index (χ3n) is 5.90. The first-order chi connectivity index (χ1) is 20.1. The van der Waals surface area contributed by atoms with Crippen molar-refractivity contribution in [1.82, 2.24) is 0 Å². The van der Waals surface area contributed by atoms with Crippen LogP contribution in [0.3, 0.4) is 0 Å². The zero-order chi connectivity index (χ0) is 31.6. The number of rotatable bonds is 31. The molecule has 42 heavy (non-hydrogen) atoms. The van der Waals surface area contributed by atoms with Crippen molar-refractivity contribution in [2.75, 3.05) is 93.0 Å². The van der Waals surface area contributed by atoms with Gasteiger partial charge in [-0.2, -0.15) is 0 Å². The zero-order valence-electron chi connectivity index (χ0n) is 25.9. The van der Waals surface area contributed by atoms with Crippen LogP contribution in [0.1, 0.15) is 40.0 Å². The van der Waals surface area contributed by atoms with Crippen molar-refractivity contribution in [3.05, 3.63) is 0 Å². The summed E-state index contributed by atoms with van der Waals surface area (Å²) in [6.45, 7) is 6.18. The number of aliphatic hydroxyl groups is 6. The second-order valence-electron chi connectivity index (χ2n) is 10.2. The highest BCUT2D eigenvalue weighted by molar-refractivity contribution is 4.65. The smallest absolute Gasteiger partial charge is 0.104 e. The Labute approximate surface area is 250 Å². The molecule has 0 aromatic rings. The Morgan fingerprint density at radius 2 is 0.643 bits per heavy atom. The molecule has 0 heterocycles. The van der Waals surface area contributed by atoms with Crippen molar-refractivity contribution >= 4 is 0 Å². The van der Waals surface area contributed by atoms with Crippen LogP contribution in [0.5, 0.6) is 0 Å². The zero-order valence-corrected chi connectivity index (χ0v) is 25.9. The molecule has 0 aromatic carbocycles. The van der Waals surface area contributed by atoms with Crippen molar-refractivity contribution in [2.45, 2.75) is 88.9 Å². The van der Waals surface area contributed by atoms with Gasteiger partial charge in [-0.15, -0.1) is 0 Å². The van der Waals surface area contributed by atoms with Gasteiger partial charge in [0.2, 0.25) is 0 Å². The molecule has 0 rings (SSSR count). The quantitative estimate of drug-likeness (QED) is 0.0547. The van der Waals surface area contributed by atoms with Crippen LogP contribution in [0.25, 0.3) is 0 Å². The van der Waals surface area contributed by atoms with E-state index in [1.54, 1.807) is 0 Å². The minimum absolute atomic E-state index is 0.00206. The summed E-state index contributed by atoms with van der Waals surface area (Å²) in [5, 5.41) is 59.0. The van der Waals surface area contributed by atoms with E-state index in [9.17, 15) is 30.6 Å². The first-order valence-electron chi connectivity index (χ1n) is 14.8. The maximum atomic E-state index is 10.2. The minimum Gasteiger partial charge on any atom is -0.391 e. The average Bonchev–Trinajstić information content (AvgIpc) is 2.97. The van der Waals surface area contributed by atoms with E-state index in [0.717, 1.165) is 0 Å². The van der Waals surface area contributed by atoms with E-state index in [0.29, 0.717) is 19.3 Å². The monoisotopic (exact) mass is 618 g/mol. The molecule has 0 saturated heterocycles. The minimum atomic E-state index is -0.944. The van der Waals surface area contributed by atoms with Crippen LogP contribution < -0.4 is 0 Å². The van der Waals surface area contributed by atoms with Crippen LogP contribution in [-0.2, 0) is 37.9 Å². The molecule has 0 aromatic heterocycles. The standard InChI is InChI=1S/C28H58O14/c1-5-21(29)8-36-11-24(32)13-39-18-27(17-35-4)42-20-28(41-16-26(34)15-38-10-23(31)7-3)19-40-14-25(33)12-37-9-22(30)6-2/h21-34H,5-20H2,1-4H3. The summed E-state index contributed by atoms with van der Waals surface area (Å²) in [7, 11) is 1.52. The van der Waals surface area contributed by atoms with Crippen LogP contribution in [0, 0.1) is 0 Å². The van der Waals surface area contributed by atoms with Gasteiger partial charge in [0.15, 0.2) is 0 Å². The fourth-order valence-corrected chi connectivity index (χ4v) is 3.15. The van der Waals surface area contributed by atoms with Gasteiger partial charge in [-0.05, 0) is 19.3 Å². The Morgan fingerprint density at radius 3 is 1.00 bits per heavy atom. The van der Waals surface area contributed by atoms with Crippen molar-refractivity contribution in [3.63, 3.8) is 0 Å². The van der Waals surface area contributed by atoms with E-state index in [-0.39, 0.29) is 85.9 Å². The molecule has 14 nitrogen and oxygen atoms in total. The Hall–Kier alpha value is -0.560. The highest BCUT2D eigenvalue weighted by Crippen LogP contribution is 2.05. The maximum absolute atomic E-state index is 10.2. The van der Waals surface area contributed by atoms with Crippen molar-refractivity contribution in [2.24, 2.45) is 0 Å². The van der Waals surface area contributed by atoms with Crippen LogP contribution in [0.15, 0.2) is 0 Å². The molecule has 0 radical (unpaired) electrons. The molecule has 8 atom stereocenters. The van der Waals surface area contributed by atoms with Gasteiger partial charge in [-0.1, -0.05) is 20.8 Å². The fraction of sp³-hybridized carbons (Fsp3) is 1.00. The molecule has 0 bridgehead atoms. The molecule has 0 saturated carbocycles. The molecule has 6 N–H and O–H groups in total. The van der Waals surface area contributed by atoms with E-state index < -0.39 is 48.8 Å². The van der Waals surface area contributed by atoms with Crippen LogP contribution in [0.2, 0.25) is 0 Å². The Morgan fingerprint density at radius 1 is 0.357 bits per heavy atom. The van der Waals surface area contributed by atoms with E-state index in [4.69, 9.17) is 37.9 Å². The SMILES string of the molecule is CCC(O)COCC(O)COCC(COC)OCC(COCC(O)COCC(O)CC)OCC(O)COCC(O)CC. The van der Waals surface area contributed by atoms with Gasteiger partial charge in [0.25, 0.3) is 0 Å². The lowest BCUT2D eigenvalue weighted by atomic mass is 10.3. The number of hydrogen-bond acceptors (Lipinski definition) is 14. The molecular formula is C28H58O14. The molecule has 0 fully saturated rings.